The van der Waals surface area contributed by atoms with Gasteiger partial charge in [-0.3, -0.25) is 4.98 Å². The molecule has 0 aromatic carbocycles. The van der Waals surface area contributed by atoms with E-state index in [-0.39, 0.29) is 5.54 Å². The van der Waals surface area contributed by atoms with E-state index in [4.69, 9.17) is 14.2 Å². The first kappa shape index (κ1) is 16.9. The van der Waals surface area contributed by atoms with Gasteiger partial charge >= 0.3 is 0 Å². The first-order chi connectivity index (χ1) is 9.53. The molecule has 5 nitrogen and oxygen atoms in total. The minimum Gasteiger partial charge on any atom is -0.491 e. The van der Waals surface area contributed by atoms with Crippen molar-refractivity contribution < 1.29 is 14.2 Å². The highest BCUT2D eigenvalue weighted by atomic mass is 16.5. The molecule has 1 aromatic heterocycles. The summed E-state index contributed by atoms with van der Waals surface area (Å²) in [6.07, 6.45) is 3.57. The normalized spacial score (nSPS) is 11.6. The van der Waals surface area contributed by atoms with Gasteiger partial charge in [-0.15, -0.1) is 0 Å². The van der Waals surface area contributed by atoms with Crippen LogP contribution in [0.4, 0.5) is 0 Å². The molecule has 0 aliphatic heterocycles. The molecule has 0 atom stereocenters. The first-order valence-corrected chi connectivity index (χ1v) is 6.90. The minimum absolute atomic E-state index is 0.0658. The van der Waals surface area contributed by atoms with Crippen LogP contribution in [0.25, 0.3) is 0 Å². The largest absolute Gasteiger partial charge is 0.491 e. The van der Waals surface area contributed by atoms with E-state index in [1.54, 1.807) is 13.3 Å². The SMILES string of the molecule is COCCOCCOc1ccncc1CNC(C)(C)C. The average molecular weight is 282 g/mol. The number of methoxy groups -OCH3 is 1. The molecular formula is C15H26N2O3. The van der Waals surface area contributed by atoms with Crippen molar-refractivity contribution in [3.63, 3.8) is 0 Å². The van der Waals surface area contributed by atoms with Crippen molar-refractivity contribution in [1.29, 1.82) is 0 Å². The molecule has 0 aliphatic carbocycles. The Balaban J connectivity index is 2.37. The Morgan fingerprint density at radius 2 is 1.90 bits per heavy atom. The number of nitrogens with one attached hydrogen (secondary N) is 1. The molecule has 0 bridgehead atoms. The highest BCUT2D eigenvalue weighted by Crippen LogP contribution is 2.17. The minimum atomic E-state index is 0.0658. The molecule has 20 heavy (non-hydrogen) atoms. The van der Waals surface area contributed by atoms with Crippen LogP contribution in [0.15, 0.2) is 18.5 Å². The zero-order chi connectivity index (χ0) is 14.8. The zero-order valence-corrected chi connectivity index (χ0v) is 12.9. The molecule has 0 fully saturated rings. The van der Waals surface area contributed by atoms with E-state index in [1.165, 1.54) is 0 Å². The number of pyridine rings is 1. The molecule has 0 unspecified atom stereocenters. The van der Waals surface area contributed by atoms with Crippen LogP contribution in [-0.2, 0) is 16.0 Å². The van der Waals surface area contributed by atoms with E-state index in [9.17, 15) is 0 Å². The van der Waals surface area contributed by atoms with Crippen molar-refractivity contribution in [2.45, 2.75) is 32.9 Å². The van der Waals surface area contributed by atoms with E-state index in [1.807, 2.05) is 12.3 Å². The summed E-state index contributed by atoms with van der Waals surface area (Å²) in [5.74, 6) is 0.854. The van der Waals surface area contributed by atoms with Gasteiger partial charge in [0.05, 0.1) is 19.8 Å². The average Bonchev–Trinajstić information content (AvgIpc) is 2.40. The van der Waals surface area contributed by atoms with Gasteiger partial charge in [0.2, 0.25) is 0 Å². The van der Waals surface area contributed by atoms with E-state index in [2.05, 4.69) is 31.1 Å². The van der Waals surface area contributed by atoms with Crippen molar-refractivity contribution in [2.75, 3.05) is 33.5 Å². The van der Waals surface area contributed by atoms with Gasteiger partial charge in [-0.05, 0) is 26.8 Å². The smallest absolute Gasteiger partial charge is 0.126 e. The van der Waals surface area contributed by atoms with Crippen molar-refractivity contribution in [2.24, 2.45) is 0 Å². The molecule has 114 valence electrons. The van der Waals surface area contributed by atoms with Crippen molar-refractivity contribution in [3.05, 3.63) is 24.0 Å². The van der Waals surface area contributed by atoms with Gasteiger partial charge < -0.3 is 19.5 Å². The molecule has 0 amide bonds. The van der Waals surface area contributed by atoms with E-state index >= 15 is 0 Å². The van der Waals surface area contributed by atoms with Crippen LogP contribution in [-0.4, -0.2) is 44.1 Å². The second-order valence-corrected chi connectivity index (χ2v) is 5.54. The van der Waals surface area contributed by atoms with Gasteiger partial charge in [0.1, 0.15) is 12.4 Å². The van der Waals surface area contributed by atoms with Crippen LogP contribution >= 0.6 is 0 Å². The summed E-state index contributed by atoms with van der Waals surface area (Å²) in [5, 5.41) is 3.43. The summed E-state index contributed by atoms with van der Waals surface area (Å²) >= 11 is 0. The maximum Gasteiger partial charge on any atom is 0.126 e. The van der Waals surface area contributed by atoms with Crippen LogP contribution < -0.4 is 10.1 Å². The lowest BCUT2D eigenvalue weighted by molar-refractivity contribution is 0.0542. The number of aromatic nitrogens is 1. The van der Waals surface area contributed by atoms with Crippen LogP contribution in [0.5, 0.6) is 5.75 Å². The molecule has 0 spiro atoms. The fourth-order valence-corrected chi connectivity index (χ4v) is 1.50. The molecule has 5 heteroatoms. The summed E-state index contributed by atoms with van der Waals surface area (Å²) < 4.78 is 16.0. The third-order valence-electron chi connectivity index (χ3n) is 2.59. The molecule has 0 aliphatic rings. The lowest BCUT2D eigenvalue weighted by Crippen LogP contribution is -2.35. The summed E-state index contributed by atoms with van der Waals surface area (Å²) in [5.41, 5.74) is 1.12. The lowest BCUT2D eigenvalue weighted by Gasteiger charge is -2.21. The van der Waals surface area contributed by atoms with Crippen LogP contribution in [0, 0.1) is 0 Å². The lowest BCUT2D eigenvalue weighted by atomic mass is 10.1. The van der Waals surface area contributed by atoms with Gasteiger partial charge in [-0.25, -0.2) is 0 Å². The summed E-state index contributed by atoms with van der Waals surface area (Å²) in [6.45, 7) is 9.41. The van der Waals surface area contributed by atoms with E-state index < -0.39 is 0 Å². The first-order valence-electron chi connectivity index (χ1n) is 6.90. The summed E-state index contributed by atoms with van der Waals surface area (Å²) in [4.78, 5) is 4.15. The number of ether oxygens (including phenoxy) is 3. The molecule has 0 saturated carbocycles. The van der Waals surface area contributed by atoms with Crippen molar-refractivity contribution in [1.82, 2.24) is 10.3 Å². The topological polar surface area (TPSA) is 52.6 Å². The second-order valence-electron chi connectivity index (χ2n) is 5.54. The highest BCUT2D eigenvalue weighted by Gasteiger charge is 2.11. The molecule has 0 radical (unpaired) electrons. The second kappa shape index (κ2) is 8.89. The molecule has 1 rings (SSSR count). The molecule has 1 aromatic rings. The Kier molecular flexibility index (Phi) is 7.51. The fourth-order valence-electron chi connectivity index (χ4n) is 1.50. The Morgan fingerprint density at radius 3 is 2.60 bits per heavy atom. The number of nitrogens with zero attached hydrogens (tertiary/aromatic N) is 1. The van der Waals surface area contributed by atoms with Crippen LogP contribution in [0.1, 0.15) is 26.3 Å². The van der Waals surface area contributed by atoms with Gasteiger partial charge in [0, 0.05) is 37.2 Å². The Labute approximate surface area is 121 Å². The Hall–Kier alpha value is -1.17. The monoisotopic (exact) mass is 282 g/mol. The van der Waals surface area contributed by atoms with Gasteiger partial charge in [0.25, 0.3) is 0 Å². The van der Waals surface area contributed by atoms with E-state index in [0.717, 1.165) is 17.9 Å². The third kappa shape index (κ3) is 7.43. The standard InChI is InChI=1S/C15H26N2O3/c1-15(2,3)17-12-13-11-16-6-5-14(13)20-10-9-19-8-7-18-4/h5-6,11,17H,7-10,12H2,1-4H3. The molecular weight excluding hydrogens is 256 g/mol. The number of hydrogen-bond acceptors (Lipinski definition) is 5. The fraction of sp³-hybridized carbons (Fsp3) is 0.667. The Morgan fingerprint density at radius 1 is 1.15 bits per heavy atom. The van der Waals surface area contributed by atoms with Gasteiger partial charge in [-0.2, -0.15) is 0 Å². The van der Waals surface area contributed by atoms with Crippen molar-refractivity contribution >= 4 is 0 Å². The quantitative estimate of drug-likeness (QED) is 0.702. The van der Waals surface area contributed by atoms with Crippen molar-refractivity contribution in [3.8, 4) is 5.75 Å². The third-order valence-corrected chi connectivity index (χ3v) is 2.59. The highest BCUT2D eigenvalue weighted by molar-refractivity contribution is 5.30. The zero-order valence-electron chi connectivity index (χ0n) is 12.9. The maximum atomic E-state index is 5.74. The maximum absolute atomic E-state index is 5.74. The Bertz CT molecular complexity index is 378. The van der Waals surface area contributed by atoms with Crippen LogP contribution in [0.3, 0.4) is 0 Å². The summed E-state index contributed by atoms with van der Waals surface area (Å²) in [6, 6.07) is 1.88. The van der Waals surface area contributed by atoms with Gasteiger partial charge in [0.15, 0.2) is 0 Å². The molecule has 1 N–H and O–H groups in total. The molecule has 1 heterocycles. The van der Waals surface area contributed by atoms with Gasteiger partial charge in [-0.1, -0.05) is 0 Å². The number of hydrogen-bond donors (Lipinski definition) is 1. The predicted molar refractivity (Wildman–Crippen MR) is 79.0 cm³/mol. The molecule has 0 saturated heterocycles. The van der Waals surface area contributed by atoms with Crippen LogP contribution in [0.2, 0.25) is 0 Å². The number of rotatable bonds is 9. The predicted octanol–water partition coefficient (Wildman–Crippen LogP) is 2.01. The van der Waals surface area contributed by atoms with E-state index in [0.29, 0.717) is 26.4 Å². The summed E-state index contributed by atoms with van der Waals surface area (Å²) in [7, 11) is 1.66.